The summed E-state index contributed by atoms with van der Waals surface area (Å²) in [7, 11) is 0. The van der Waals surface area contributed by atoms with Crippen LogP contribution in [0.2, 0.25) is 10.3 Å². The number of rotatable bonds is 7. The lowest BCUT2D eigenvalue weighted by Crippen LogP contribution is -2.32. The van der Waals surface area contributed by atoms with E-state index >= 15 is 0 Å². The molecule has 0 aliphatic heterocycles. The lowest BCUT2D eigenvalue weighted by atomic mass is 9.92. The molecule has 3 saturated carbocycles. The van der Waals surface area contributed by atoms with Gasteiger partial charge in [-0.15, -0.1) is 0 Å². The van der Waals surface area contributed by atoms with Crippen molar-refractivity contribution in [1.29, 1.82) is 0 Å². The molecule has 0 amide bonds. The van der Waals surface area contributed by atoms with Crippen LogP contribution in [0.1, 0.15) is 99.8 Å². The molecule has 11 nitrogen and oxygen atoms in total. The Kier molecular flexibility index (Phi) is 16.1. The number of aromatic nitrogens is 8. The first-order valence-electron chi connectivity index (χ1n) is 19.2. The first kappa shape index (κ1) is 48.8. The zero-order chi connectivity index (χ0) is 44.9. The molecule has 3 N–H and O–H groups in total. The Labute approximate surface area is 372 Å². The van der Waals surface area contributed by atoms with Gasteiger partial charge in [0, 0.05) is 68.5 Å². The molecule has 0 saturated heterocycles. The number of nitrogens with zero attached hydrogens (tertiary/aromatic N) is 8. The predicted octanol–water partition coefficient (Wildman–Crippen LogP) is 12.4. The minimum atomic E-state index is -4.56. The third-order valence-corrected chi connectivity index (χ3v) is 12.6. The number of alkyl halides is 9. The fraction of sp³-hybridized carbons (Fsp3) is 0.595. The topological polar surface area (TPSA) is 131 Å². The minimum absolute atomic E-state index is 0.00694. The van der Waals surface area contributed by atoms with Crippen LogP contribution in [0.25, 0.3) is 5.82 Å². The normalized spacial score (nSPS) is 19.2. The molecule has 3 aliphatic carbocycles. The van der Waals surface area contributed by atoms with Gasteiger partial charge in [-0.1, -0.05) is 23.2 Å². The Morgan fingerprint density at radius 1 is 0.623 bits per heavy atom. The number of anilines is 3. The second kappa shape index (κ2) is 20.1. The van der Waals surface area contributed by atoms with Crippen molar-refractivity contribution in [3.63, 3.8) is 0 Å². The van der Waals surface area contributed by atoms with Crippen molar-refractivity contribution in [2.75, 3.05) is 16.0 Å². The smallest absolute Gasteiger partial charge is 0.351 e. The zero-order valence-electron chi connectivity index (χ0n) is 32.9. The van der Waals surface area contributed by atoms with Crippen LogP contribution in [0.4, 0.5) is 57.4 Å². The summed E-state index contributed by atoms with van der Waals surface area (Å²) in [6.45, 7) is 5.27. The third-order valence-electron chi connectivity index (χ3n) is 10.0. The van der Waals surface area contributed by atoms with E-state index in [4.69, 9.17) is 23.2 Å². The summed E-state index contributed by atoms with van der Waals surface area (Å²) >= 11 is 18.3. The predicted molar refractivity (Wildman–Crippen MR) is 220 cm³/mol. The molecule has 24 heteroatoms. The van der Waals surface area contributed by atoms with E-state index in [2.05, 4.69) is 82.8 Å². The van der Waals surface area contributed by atoms with E-state index in [1.165, 1.54) is 0 Å². The molecule has 4 heterocycles. The van der Waals surface area contributed by atoms with Crippen LogP contribution >= 0.6 is 55.1 Å². The van der Waals surface area contributed by atoms with Gasteiger partial charge in [0.05, 0.1) is 20.3 Å². The van der Waals surface area contributed by atoms with Crippen LogP contribution in [0.15, 0.2) is 27.3 Å². The van der Waals surface area contributed by atoms with E-state index in [0.717, 1.165) is 28.3 Å². The second-order valence-corrected chi connectivity index (χ2v) is 17.5. The van der Waals surface area contributed by atoms with Crippen molar-refractivity contribution in [3.8, 4) is 5.82 Å². The lowest BCUT2D eigenvalue weighted by molar-refractivity contribution is -0.141. The Morgan fingerprint density at radius 2 is 1.03 bits per heavy atom. The highest BCUT2D eigenvalue weighted by molar-refractivity contribution is 9.11. The lowest BCUT2D eigenvalue weighted by Gasteiger charge is -2.28. The van der Waals surface area contributed by atoms with Crippen molar-refractivity contribution in [2.24, 2.45) is 0 Å². The van der Waals surface area contributed by atoms with Crippen molar-refractivity contribution >= 4 is 72.9 Å². The SMILES string of the molecule is Cc1cc(Cl)nc(NC2CCC(F)(F)CC2)n1.Cc1nc(NC2CCC(F)(F)CC2)nc(-n2ccc(C(F)(F)F)n2)c1Br.Cc1nc(NC2CCC(F)(F)CC2)nc(Cl)c1Br. The summed E-state index contributed by atoms with van der Waals surface area (Å²) in [6, 6.07) is 2.28. The zero-order valence-corrected chi connectivity index (χ0v) is 37.6. The number of halogens is 13. The van der Waals surface area contributed by atoms with Crippen molar-refractivity contribution < 1.29 is 39.5 Å². The molecule has 61 heavy (non-hydrogen) atoms. The van der Waals surface area contributed by atoms with Gasteiger partial charge in [0.1, 0.15) is 10.3 Å². The molecule has 3 aliphatic rings. The molecule has 7 rings (SSSR count). The van der Waals surface area contributed by atoms with Gasteiger partial charge in [-0.05, 0) is 103 Å². The maximum atomic E-state index is 13.2. The van der Waals surface area contributed by atoms with Crippen LogP contribution in [0, 0.1) is 20.8 Å². The molecule has 0 bridgehead atoms. The first-order chi connectivity index (χ1) is 28.4. The Bertz CT molecular complexity index is 2060. The fourth-order valence-corrected chi connectivity index (χ4v) is 7.63. The monoisotopic (exact) mass is 1040 g/mol. The van der Waals surface area contributed by atoms with Gasteiger partial charge in [-0.2, -0.15) is 28.2 Å². The molecule has 0 spiro atoms. The standard InChI is InChI=1S/C15H15BrF5N5.C11H13BrClF2N3.C11H14ClF2N3/c1-8-11(16)12(26-7-4-10(25-26)15(19,20)21)24-13(22-8)23-9-2-5-14(17,18)6-3-9;1-6-8(12)9(13)18-10(16-6)17-7-2-4-11(14,15)5-3-7;1-7-6-9(12)17-10(15-7)16-8-2-4-11(13,14)5-3-8/h4,7,9H,2-3,5-6H2,1H3,(H,22,23,24);7H,2-5H2,1H3,(H,16,17,18);6,8H,2-5H2,1H3,(H,15,16,17). The van der Waals surface area contributed by atoms with Gasteiger partial charge in [-0.3, -0.25) is 0 Å². The molecule has 0 radical (unpaired) electrons. The number of nitrogens with one attached hydrogen (secondary N) is 3. The number of hydrogen-bond donors (Lipinski definition) is 3. The molecular weight excluding hydrogens is 1000 g/mol. The number of hydrogen-bond acceptors (Lipinski definition) is 10. The van der Waals surface area contributed by atoms with E-state index < -0.39 is 29.6 Å². The van der Waals surface area contributed by atoms with Crippen LogP contribution < -0.4 is 16.0 Å². The van der Waals surface area contributed by atoms with Gasteiger partial charge in [0.15, 0.2) is 11.5 Å². The summed E-state index contributed by atoms with van der Waals surface area (Å²) in [5.74, 6) is -6.56. The van der Waals surface area contributed by atoms with Gasteiger partial charge < -0.3 is 16.0 Å². The van der Waals surface area contributed by atoms with Crippen LogP contribution in [0.5, 0.6) is 0 Å². The highest BCUT2D eigenvalue weighted by Crippen LogP contribution is 2.37. The van der Waals surface area contributed by atoms with Crippen LogP contribution in [-0.4, -0.2) is 75.6 Å². The average molecular weight is 1040 g/mol. The Hall–Kier alpha value is -3.24. The van der Waals surface area contributed by atoms with Gasteiger partial charge in [0.2, 0.25) is 35.6 Å². The summed E-state index contributed by atoms with van der Waals surface area (Å²) in [5.41, 5.74) is 0.930. The van der Waals surface area contributed by atoms with E-state index in [0.29, 0.717) is 62.5 Å². The van der Waals surface area contributed by atoms with E-state index in [-0.39, 0.29) is 81.3 Å². The van der Waals surface area contributed by atoms with E-state index in [9.17, 15) is 39.5 Å². The Balaban J connectivity index is 0.000000179. The molecular formula is C37H42Br2Cl2F9N11. The largest absolute Gasteiger partial charge is 0.435 e. The third kappa shape index (κ3) is 14.7. The number of aryl methyl sites for hydroxylation is 3. The highest BCUT2D eigenvalue weighted by atomic mass is 79.9. The molecule has 336 valence electrons. The summed E-state index contributed by atoms with van der Waals surface area (Å²) in [4.78, 5) is 24.9. The summed E-state index contributed by atoms with van der Waals surface area (Å²) < 4.78 is 119. The quantitative estimate of drug-likeness (QED) is 0.121. The van der Waals surface area contributed by atoms with Crippen molar-refractivity contribution in [3.05, 3.63) is 60.4 Å². The summed E-state index contributed by atoms with van der Waals surface area (Å²) in [6.07, 6.45) is -1.95. The molecule has 4 aromatic rings. The molecule has 0 aromatic carbocycles. The first-order valence-corrected chi connectivity index (χ1v) is 21.5. The van der Waals surface area contributed by atoms with Gasteiger partial charge >= 0.3 is 6.18 Å². The second-order valence-electron chi connectivity index (χ2n) is 15.1. The highest BCUT2D eigenvalue weighted by Gasteiger charge is 2.38. The van der Waals surface area contributed by atoms with Crippen LogP contribution in [0.3, 0.4) is 0 Å². The molecule has 3 fully saturated rings. The van der Waals surface area contributed by atoms with Gasteiger partial charge in [-0.25, -0.2) is 51.0 Å². The average Bonchev–Trinajstić information content (AvgIpc) is 3.66. The maximum Gasteiger partial charge on any atom is 0.435 e. The van der Waals surface area contributed by atoms with E-state index in [1.54, 1.807) is 19.9 Å². The van der Waals surface area contributed by atoms with Gasteiger partial charge in [0.25, 0.3) is 0 Å². The maximum absolute atomic E-state index is 13.2. The Morgan fingerprint density at radius 3 is 1.43 bits per heavy atom. The van der Waals surface area contributed by atoms with Crippen LogP contribution in [-0.2, 0) is 6.18 Å². The summed E-state index contributed by atoms with van der Waals surface area (Å²) in [5, 5.41) is 13.3. The van der Waals surface area contributed by atoms with E-state index in [1.807, 2.05) is 6.92 Å². The fourth-order valence-electron chi connectivity index (χ4n) is 6.64. The molecule has 4 aromatic heterocycles. The minimum Gasteiger partial charge on any atom is -0.351 e. The van der Waals surface area contributed by atoms with Crippen molar-refractivity contribution in [2.45, 2.75) is 140 Å². The molecule has 0 atom stereocenters. The molecule has 0 unspecified atom stereocenters. The van der Waals surface area contributed by atoms with Crippen molar-refractivity contribution in [1.82, 2.24) is 39.7 Å².